The van der Waals surface area contributed by atoms with E-state index in [4.69, 9.17) is 21.4 Å². The monoisotopic (exact) mass is 299 g/mol. The number of aryl methyl sites for hydroxylation is 2. The first-order valence-corrected chi connectivity index (χ1v) is 7.15. The summed E-state index contributed by atoms with van der Waals surface area (Å²) in [6, 6.07) is 3.62. The molecule has 1 aromatic carbocycles. The number of rotatable bonds is 7. The van der Waals surface area contributed by atoms with E-state index in [1.165, 1.54) is 0 Å². The van der Waals surface area contributed by atoms with Gasteiger partial charge in [-0.25, -0.2) is 0 Å². The standard InChI is InChI=1S/C15H22ClNO3/c1-4-12(5-6-18)17-14(19)9-20-13-7-10(2)15(16)11(3)8-13/h7-8,12,18H,4-6,9H2,1-3H3,(H,17,19). The fourth-order valence-corrected chi connectivity index (χ4v) is 2.05. The molecule has 0 fully saturated rings. The topological polar surface area (TPSA) is 58.6 Å². The molecule has 2 N–H and O–H groups in total. The van der Waals surface area contributed by atoms with Crippen molar-refractivity contribution < 1.29 is 14.6 Å². The molecular formula is C15H22ClNO3. The Hall–Kier alpha value is -1.26. The zero-order valence-electron chi connectivity index (χ0n) is 12.2. The molecule has 0 aliphatic heterocycles. The Kier molecular flexibility index (Phi) is 6.82. The molecule has 1 unspecified atom stereocenters. The van der Waals surface area contributed by atoms with Gasteiger partial charge in [0.15, 0.2) is 6.61 Å². The minimum Gasteiger partial charge on any atom is -0.484 e. The van der Waals surface area contributed by atoms with Gasteiger partial charge in [0.2, 0.25) is 0 Å². The van der Waals surface area contributed by atoms with Crippen LogP contribution in [-0.4, -0.2) is 30.3 Å². The minimum atomic E-state index is -0.185. The van der Waals surface area contributed by atoms with Crippen molar-refractivity contribution >= 4 is 17.5 Å². The van der Waals surface area contributed by atoms with E-state index in [2.05, 4.69) is 5.32 Å². The van der Waals surface area contributed by atoms with Crippen LogP contribution in [0.4, 0.5) is 0 Å². The van der Waals surface area contributed by atoms with Gasteiger partial charge in [-0.1, -0.05) is 18.5 Å². The highest BCUT2D eigenvalue weighted by Gasteiger charge is 2.11. The van der Waals surface area contributed by atoms with Gasteiger partial charge in [0, 0.05) is 17.7 Å². The van der Waals surface area contributed by atoms with Gasteiger partial charge in [0.1, 0.15) is 5.75 Å². The number of benzene rings is 1. The highest BCUT2D eigenvalue weighted by Crippen LogP contribution is 2.25. The zero-order chi connectivity index (χ0) is 15.1. The van der Waals surface area contributed by atoms with Crippen LogP contribution in [0, 0.1) is 13.8 Å². The first kappa shape index (κ1) is 16.8. The SMILES string of the molecule is CCC(CCO)NC(=O)COc1cc(C)c(Cl)c(C)c1. The molecule has 0 aliphatic rings. The number of halogens is 1. The molecule has 20 heavy (non-hydrogen) atoms. The van der Waals surface area contributed by atoms with Crippen LogP contribution in [0.2, 0.25) is 5.02 Å². The van der Waals surface area contributed by atoms with E-state index in [1.807, 2.05) is 32.9 Å². The van der Waals surface area contributed by atoms with Gasteiger partial charge in [-0.2, -0.15) is 0 Å². The maximum atomic E-state index is 11.8. The highest BCUT2D eigenvalue weighted by molar-refractivity contribution is 6.32. The largest absolute Gasteiger partial charge is 0.484 e. The fourth-order valence-electron chi connectivity index (χ4n) is 1.94. The van der Waals surface area contributed by atoms with Gasteiger partial charge in [0.25, 0.3) is 5.91 Å². The van der Waals surface area contributed by atoms with Gasteiger partial charge >= 0.3 is 0 Å². The molecule has 5 heteroatoms. The van der Waals surface area contributed by atoms with Gasteiger partial charge in [0.05, 0.1) is 0 Å². The highest BCUT2D eigenvalue weighted by atomic mass is 35.5. The third-order valence-corrected chi connectivity index (χ3v) is 3.71. The summed E-state index contributed by atoms with van der Waals surface area (Å²) in [5.74, 6) is 0.449. The van der Waals surface area contributed by atoms with Crippen LogP contribution in [0.15, 0.2) is 12.1 Å². The molecule has 0 heterocycles. The number of ether oxygens (including phenoxy) is 1. The van der Waals surface area contributed by atoms with E-state index in [9.17, 15) is 4.79 Å². The van der Waals surface area contributed by atoms with Crippen molar-refractivity contribution in [3.63, 3.8) is 0 Å². The van der Waals surface area contributed by atoms with Crippen molar-refractivity contribution in [3.05, 3.63) is 28.3 Å². The number of amides is 1. The van der Waals surface area contributed by atoms with E-state index >= 15 is 0 Å². The van der Waals surface area contributed by atoms with Crippen molar-refractivity contribution in [1.29, 1.82) is 0 Å². The Balaban J connectivity index is 2.52. The maximum Gasteiger partial charge on any atom is 0.258 e. The van der Waals surface area contributed by atoms with Gasteiger partial charge in [-0.15, -0.1) is 0 Å². The van der Waals surface area contributed by atoms with Crippen LogP contribution in [0.25, 0.3) is 0 Å². The molecule has 112 valence electrons. The summed E-state index contributed by atoms with van der Waals surface area (Å²) < 4.78 is 5.47. The Morgan fingerprint density at radius 1 is 1.40 bits per heavy atom. The summed E-state index contributed by atoms with van der Waals surface area (Å²) in [7, 11) is 0. The molecule has 0 spiro atoms. The van der Waals surface area contributed by atoms with Crippen molar-refractivity contribution in [3.8, 4) is 5.75 Å². The van der Waals surface area contributed by atoms with E-state index in [1.54, 1.807) is 0 Å². The quantitative estimate of drug-likeness (QED) is 0.813. The van der Waals surface area contributed by atoms with Gasteiger partial charge in [-0.05, 0) is 49.9 Å². The average Bonchev–Trinajstić information content (AvgIpc) is 2.41. The summed E-state index contributed by atoms with van der Waals surface area (Å²) in [5.41, 5.74) is 1.85. The molecule has 0 aromatic heterocycles. The second-order valence-corrected chi connectivity index (χ2v) is 5.22. The Morgan fingerprint density at radius 2 is 2.00 bits per heavy atom. The lowest BCUT2D eigenvalue weighted by Crippen LogP contribution is -2.38. The number of hydrogen-bond acceptors (Lipinski definition) is 3. The van der Waals surface area contributed by atoms with Crippen LogP contribution >= 0.6 is 11.6 Å². The Morgan fingerprint density at radius 3 is 2.50 bits per heavy atom. The predicted molar refractivity (Wildman–Crippen MR) is 80.3 cm³/mol. The van der Waals surface area contributed by atoms with Crippen molar-refractivity contribution in [2.75, 3.05) is 13.2 Å². The first-order chi connectivity index (χ1) is 9.47. The van der Waals surface area contributed by atoms with Crippen LogP contribution in [-0.2, 0) is 4.79 Å². The molecule has 0 aliphatic carbocycles. The first-order valence-electron chi connectivity index (χ1n) is 6.77. The minimum absolute atomic E-state index is 0.00945. The Bertz CT molecular complexity index is 439. The lowest BCUT2D eigenvalue weighted by atomic mass is 10.1. The average molecular weight is 300 g/mol. The smallest absolute Gasteiger partial charge is 0.258 e. The van der Waals surface area contributed by atoms with E-state index in [-0.39, 0.29) is 25.2 Å². The number of nitrogens with one attached hydrogen (secondary N) is 1. The predicted octanol–water partition coefficient (Wildman–Crippen LogP) is 2.61. The molecule has 0 radical (unpaired) electrons. The van der Waals surface area contributed by atoms with Crippen LogP contribution in [0.1, 0.15) is 30.9 Å². The number of hydrogen-bond donors (Lipinski definition) is 2. The number of aliphatic hydroxyl groups is 1. The third kappa shape index (κ3) is 5.02. The van der Waals surface area contributed by atoms with Crippen molar-refractivity contribution in [2.24, 2.45) is 0 Å². The number of carbonyl (C=O) groups excluding carboxylic acids is 1. The van der Waals surface area contributed by atoms with Crippen LogP contribution in [0.3, 0.4) is 0 Å². The van der Waals surface area contributed by atoms with Gasteiger partial charge < -0.3 is 15.2 Å². The van der Waals surface area contributed by atoms with E-state index in [0.29, 0.717) is 12.2 Å². The number of carbonyl (C=O) groups is 1. The maximum absolute atomic E-state index is 11.8. The second kappa shape index (κ2) is 8.12. The molecule has 1 rings (SSSR count). The molecule has 1 aromatic rings. The molecular weight excluding hydrogens is 278 g/mol. The van der Waals surface area contributed by atoms with Crippen molar-refractivity contribution in [1.82, 2.24) is 5.32 Å². The summed E-state index contributed by atoms with van der Waals surface area (Å²) >= 11 is 6.08. The molecule has 0 saturated carbocycles. The molecule has 0 bridgehead atoms. The number of aliphatic hydroxyl groups excluding tert-OH is 1. The molecule has 1 amide bonds. The van der Waals surface area contributed by atoms with Crippen LogP contribution < -0.4 is 10.1 Å². The van der Waals surface area contributed by atoms with Crippen LogP contribution in [0.5, 0.6) is 5.75 Å². The Labute approximate surface area is 125 Å². The lowest BCUT2D eigenvalue weighted by Gasteiger charge is -2.16. The van der Waals surface area contributed by atoms with E-state index in [0.717, 1.165) is 22.6 Å². The molecule has 1 atom stereocenters. The normalized spacial score (nSPS) is 12.1. The van der Waals surface area contributed by atoms with Crippen molar-refractivity contribution in [2.45, 2.75) is 39.7 Å². The van der Waals surface area contributed by atoms with Gasteiger partial charge in [-0.3, -0.25) is 4.79 Å². The fraction of sp³-hybridized carbons (Fsp3) is 0.533. The summed E-state index contributed by atoms with van der Waals surface area (Å²) in [4.78, 5) is 11.8. The molecule has 0 saturated heterocycles. The lowest BCUT2D eigenvalue weighted by molar-refractivity contribution is -0.123. The summed E-state index contributed by atoms with van der Waals surface area (Å²) in [6.45, 7) is 5.79. The second-order valence-electron chi connectivity index (χ2n) is 4.84. The summed E-state index contributed by atoms with van der Waals surface area (Å²) in [6.07, 6.45) is 1.34. The summed E-state index contributed by atoms with van der Waals surface area (Å²) in [5, 5.41) is 12.4. The third-order valence-electron chi connectivity index (χ3n) is 3.12. The van der Waals surface area contributed by atoms with E-state index < -0.39 is 0 Å². The zero-order valence-corrected chi connectivity index (χ0v) is 13.0. The molecule has 4 nitrogen and oxygen atoms in total.